The fraction of sp³-hybridized carbons (Fsp3) is 0.500. The van der Waals surface area contributed by atoms with Gasteiger partial charge in [0, 0.05) is 12.6 Å². The molecule has 0 saturated carbocycles. The minimum absolute atomic E-state index is 0.0865. The largest absolute Gasteiger partial charge is 0.327 e. The van der Waals surface area contributed by atoms with Crippen LogP contribution in [0.5, 0.6) is 0 Å². The van der Waals surface area contributed by atoms with Crippen LogP contribution in [0.3, 0.4) is 0 Å². The third-order valence-electron chi connectivity index (χ3n) is 2.44. The Hall–Kier alpha value is -0.620. The highest BCUT2D eigenvalue weighted by molar-refractivity contribution is 7.89. The lowest BCUT2D eigenvalue weighted by molar-refractivity contribution is 0.486. The maximum atomic E-state index is 12.0. The van der Waals surface area contributed by atoms with Gasteiger partial charge in [0.1, 0.15) is 4.90 Å². The van der Waals surface area contributed by atoms with Gasteiger partial charge >= 0.3 is 0 Å². The van der Waals surface area contributed by atoms with E-state index >= 15 is 0 Å². The normalized spacial score (nSPS) is 13.8. The maximum absolute atomic E-state index is 12.0. The van der Waals surface area contributed by atoms with E-state index in [9.17, 15) is 8.42 Å². The van der Waals surface area contributed by atoms with Crippen molar-refractivity contribution in [1.29, 1.82) is 0 Å². The summed E-state index contributed by atoms with van der Waals surface area (Å²) in [7, 11) is -3.58. The molecule has 3 N–H and O–H groups in total. The summed E-state index contributed by atoms with van der Waals surface area (Å²) < 4.78 is 26.5. The summed E-state index contributed by atoms with van der Waals surface area (Å²) >= 11 is 5.86. The van der Waals surface area contributed by atoms with E-state index < -0.39 is 10.0 Å². The molecule has 0 aliphatic heterocycles. The SMILES string of the molecule is CC(C)CC(N)CNS(=O)(=O)c1ccccc1Cl. The average Bonchev–Trinajstić information content (AvgIpc) is 2.26. The van der Waals surface area contributed by atoms with Gasteiger partial charge in [0.15, 0.2) is 0 Å². The van der Waals surface area contributed by atoms with Crippen LogP contribution in [0.15, 0.2) is 29.2 Å². The molecule has 0 saturated heterocycles. The van der Waals surface area contributed by atoms with Gasteiger partial charge in [-0.1, -0.05) is 37.6 Å². The van der Waals surface area contributed by atoms with Crippen molar-refractivity contribution in [3.63, 3.8) is 0 Å². The van der Waals surface area contributed by atoms with E-state index in [1.54, 1.807) is 18.2 Å². The predicted molar refractivity (Wildman–Crippen MR) is 74.1 cm³/mol. The number of rotatable bonds is 6. The smallest absolute Gasteiger partial charge is 0.242 e. The zero-order valence-corrected chi connectivity index (χ0v) is 12.1. The first-order chi connectivity index (χ1) is 8.33. The second-order valence-corrected chi connectivity index (χ2v) is 6.81. The molecular weight excluding hydrogens is 272 g/mol. The summed E-state index contributed by atoms with van der Waals surface area (Å²) in [5, 5.41) is 0.211. The van der Waals surface area contributed by atoms with Crippen LogP contribution in [0.2, 0.25) is 5.02 Å². The van der Waals surface area contributed by atoms with Crippen LogP contribution in [0.4, 0.5) is 0 Å². The monoisotopic (exact) mass is 290 g/mol. The van der Waals surface area contributed by atoms with Crippen molar-refractivity contribution in [2.24, 2.45) is 11.7 Å². The van der Waals surface area contributed by atoms with Gasteiger partial charge in [-0.25, -0.2) is 13.1 Å². The molecule has 0 aliphatic rings. The molecule has 1 aromatic rings. The molecule has 1 rings (SSSR count). The van der Waals surface area contributed by atoms with Gasteiger partial charge < -0.3 is 5.73 Å². The first kappa shape index (κ1) is 15.4. The van der Waals surface area contributed by atoms with Gasteiger partial charge in [0.25, 0.3) is 0 Å². The second-order valence-electron chi connectivity index (χ2n) is 4.67. The van der Waals surface area contributed by atoms with Gasteiger partial charge in [-0.2, -0.15) is 0 Å². The van der Waals surface area contributed by atoms with E-state index in [4.69, 9.17) is 17.3 Å². The summed E-state index contributed by atoms with van der Waals surface area (Å²) in [6.45, 7) is 4.30. The Morgan fingerprint density at radius 2 is 1.94 bits per heavy atom. The third kappa shape index (κ3) is 4.57. The van der Waals surface area contributed by atoms with Crippen LogP contribution in [-0.4, -0.2) is 21.0 Å². The maximum Gasteiger partial charge on any atom is 0.242 e. The van der Waals surface area contributed by atoms with Crippen molar-refractivity contribution in [2.45, 2.75) is 31.2 Å². The lowest BCUT2D eigenvalue weighted by atomic mass is 10.1. The molecule has 1 aromatic carbocycles. The predicted octanol–water partition coefficient (Wildman–Crippen LogP) is 1.99. The van der Waals surface area contributed by atoms with Crippen molar-refractivity contribution in [2.75, 3.05) is 6.54 Å². The van der Waals surface area contributed by atoms with Crippen LogP contribution in [0.25, 0.3) is 0 Å². The van der Waals surface area contributed by atoms with E-state index in [2.05, 4.69) is 4.72 Å². The van der Waals surface area contributed by atoms with E-state index in [1.165, 1.54) is 6.07 Å². The van der Waals surface area contributed by atoms with Crippen LogP contribution in [0.1, 0.15) is 20.3 Å². The molecule has 0 spiro atoms. The number of benzene rings is 1. The lowest BCUT2D eigenvalue weighted by Crippen LogP contribution is -2.38. The molecule has 0 fully saturated rings. The number of hydrogen-bond donors (Lipinski definition) is 2. The molecule has 0 bridgehead atoms. The van der Waals surface area contributed by atoms with Crippen molar-refractivity contribution < 1.29 is 8.42 Å². The molecule has 0 aromatic heterocycles. The molecule has 18 heavy (non-hydrogen) atoms. The first-order valence-electron chi connectivity index (χ1n) is 5.82. The summed E-state index contributed by atoms with van der Waals surface area (Å²) in [4.78, 5) is 0.0865. The Balaban J connectivity index is 2.69. The van der Waals surface area contributed by atoms with Gasteiger partial charge in [0.05, 0.1) is 5.02 Å². The number of nitrogens with one attached hydrogen (secondary N) is 1. The minimum Gasteiger partial charge on any atom is -0.327 e. The van der Waals surface area contributed by atoms with Crippen molar-refractivity contribution >= 4 is 21.6 Å². The highest BCUT2D eigenvalue weighted by Crippen LogP contribution is 2.20. The number of sulfonamides is 1. The van der Waals surface area contributed by atoms with E-state index in [1.807, 2.05) is 13.8 Å². The molecule has 6 heteroatoms. The molecule has 0 radical (unpaired) electrons. The molecule has 0 heterocycles. The Morgan fingerprint density at radius 3 is 2.50 bits per heavy atom. The lowest BCUT2D eigenvalue weighted by Gasteiger charge is -2.15. The standard InChI is InChI=1S/C12H19ClN2O2S/c1-9(2)7-10(14)8-15-18(16,17)12-6-4-3-5-11(12)13/h3-6,9-10,15H,7-8,14H2,1-2H3. The Kier molecular flexibility index (Phi) is 5.59. The third-order valence-corrected chi connectivity index (χ3v) is 4.36. The van der Waals surface area contributed by atoms with Crippen molar-refractivity contribution in [3.05, 3.63) is 29.3 Å². The summed E-state index contributed by atoms with van der Waals surface area (Å²) in [5.41, 5.74) is 5.84. The highest BCUT2D eigenvalue weighted by atomic mass is 35.5. The molecule has 4 nitrogen and oxygen atoms in total. The fourth-order valence-corrected chi connectivity index (χ4v) is 3.26. The minimum atomic E-state index is -3.58. The van der Waals surface area contributed by atoms with E-state index in [0.29, 0.717) is 5.92 Å². The fourth-order valence-electron chi connectivity index (χ4n) is 1.65. The van der Waals surface area contributed by atoms with E-state index in [0.717, 1.165) is 6.42 Å². The summed E-state index contributed by atoms with van der Waals surface area (Å²) in [6, 6.07) is 6.14. The van der Waals surface area contributed by atoms with E-state index in [-0.39, 0.29) is 22.5 Å². The highest BCUT2D eigenvalue weighted by Gasteiger charge is 2.18. The van der Waals surface area contributed by atoms with Gasteiger partial charge in [-0.05, 0) is 24.5 Å². The van der Waals surface area contributed by atoms with Crippen LogP contribution in [0, 0.1) is 5.92 Å². The Morgan fingerprint density at radius 1 is 1.33 bits per heavy atom. The zero-order chi connectivity index (χ0) is 13.8. The van der Waals surface area contributed by atoms with Crippen molar-refractivity contribution in [1.82, 2.24) is 4.72 Å². The number of halogens is 1. The molecule has 1 unspecified atom stereocenters. The molecule has 0 amide bonds. The molecule has 1 atom stereocenters. The van der Waals surface area contributed by atoms with Crippen LogP contribution < -0.4 is 10.5 Å². The van der Waals surface area contributed by atoms with Crippen LogP contribution >= 0.6 is 11.6 Å². The topological polar surface area (TPSA) is 72.2 Å². The zero-order valence-electron chi connectivity index (χ0n) is 10.6. The Labute approximate surface area is 114 Å². The molecular formula is C12H19ClN2O2S. The van der Waals surface area contributed by atoms with Gasteiger partial charge in [-0.15, -0.1) is 0 Å². The second kappa shape index (κ2) is 6.52. The van der Waals surface area contributed by atoms with Gasteiger partial charge in [-0.3, -0.25) is 0 Å². The summed E-state index contributed by atoms with van der Waals surface area (Å²) in [5.74, 6) is 0.435. The van der Waals surface area contributed by atoms with Gasteiger partial charge in [0.2, 0.25) is 10.0 Å². The molecule has 0 aliphatic carbocycles. The quantitative estimate of drug-likeness (QED) is 0.841. The summed E-state index contributed by atoms with van der Waals surface area (Å²) in [6.07, 6.45) is 0.769. The molecule has 102 valence electrons. The number of hydrogen-bond acceptors (Lipinski definition) is 3. The average molecular weight is 291 g/mol. The van der Waals surface area contributed by atoms with Crippen molar-refractivity contribution in [3.8, 4) is 0 Å². The first-order valence-corrected chi connectivity index (χ1v) is 7.69. The Bertz CT molecular complexity index is 489. The number of nitrogens with two attached hydrogens (primary N) is 1. The van der Waals surface area contributed by atoms with Crippen LogP contribution in [-0.2, 0) is 10.0 Å².